The number of carbonyl (C=O) groups excluding carboxylic acids is 1. The van der Waals surface area contributed by atoms with Crippen molar-refractivity contribution >= 4 is 5.97 Å². The summed E-state index contributed by atoms with van der Waals surface area (Å²) in [7, 11) is 0. The van der Waals surface area contributed by atoms with Crippen molar-refractivity contribution in [1.29, 1.82) is 0 Å². The van der Waals surface area contributed by atoms with Crippen LogP contribution in [0.3, 0.4) is 0 Å². The van der Waals surface area contributed by atoms with E-state index in [-0.39, 0.29) is 5.92 Å². The molecule has 0 fully saturated rings. The van der Waals surface area contributed by atoms with Gasteiger partial charge in [-0.3, -0.25) is 0 Å². The first kappa shape index (κ1) is 18.7. The maximum atomic E-state index is 12.5. The summed E-state index contributed by atoms with van der Waals surface area (Å²) in [5.41, 5.74) is -0.989. The number of nitrogens with zero attached hydrogens (tertiary/aromatic N) is 1. The Hall–Kier alpha value is -1.39. The summed E-state index contributed by atoms with van der Waals surface area (Å²) in [6.45, 7) is 10.8. The van der Waals surface area contributed by atoms with Crippen LogP contribution >= 0.6 is 0 Å². The van der Waals surface area contributed by atoms with Crippen LogP contribution in [0.1, 0.15) is 39.7 Å². The van der Waals surface area contributed by atoms with Crippen LogP contribution in [0.5, 0.6) is 0 Å². The molecule has 1 aromatic carbocycles. The van der Waals surface area contributed by atoms with Gasteiger partial charge in [0.1, 0.15) is 6.61 Å². The molecular weight excluding hydrogens is 278 g/mol. The molecule has 124 valence electrons. The first-order valence-corrected chi connectivity index (χ1v) is 8.18. The van der Waals surface area contributed by atoms with Gasteiger partial charge in [-0.25, -0.2) is 4.79 Å². The largest absolute Gasteiger partial charge is 0.462 e. The first-order chi connectivity index (χ1) is 10.5. The highest BCUT2D eigenvalue weighted by atomic mass is 16.5. The molecule has 0 bridgehead atoms. The molecule has 0 amide bonds. The van der Waals surface area contributed by atoms with Crippen molar-refractivity contribution in [3.05, 3.63) is 35.9 Å². The maximum Gasteiger partial charge on any atom is 0.343 e. The van der Waals surface area contributed by atoms with E-state index in [9.17, 15) is 9.90 Å². The normalized spacial score (nSPS) is 15.4. The number of likely N-dealkylation sites (N-methyl/N-ethyl adjacent to an activating group) is 1. The fourth-order valence-electron chi connectivity index (χ4n) is 2.51. The SMILES string of the molecule is CCC(C)C(O)(C(=O)OCCN(CC)CC)c1ccccc1. The molecule has 1 aromatic rings. The van der Waals surface area contributed by atoms with E-state index >= 15 is 0 Å². The molecular formula is C18H29NO3. The Morgan fingerprint density at radius 3 is 2.32 bits per heavy atom. The summed E-state index contributed by atoms with van der Waals surface area (Å²) < 4.78 is 5.39. The zero-order chi connectivity index (χ0) is 16.6. The number of esters is 1. The van der Waals surface area contributed by atoms with E-state index in [0.717, 1.165) is 13.1 Å². The van der Waals surface area contributed by atoms with Gasteiger partial charge < -0.3 is 14.7 Å². The summed E-state index contributed by atoms with van der Waals surface area (Å²) in [4.78, 5) is 14.7. The Labute approximate surface area is 134 Å². The van der Waals surface area contributed by atoms with E-state index in [2.05, 4.69) is 18.7 Å². The van der Waals surface area contributed by atoms with Crippen LogP contribution in [0.2, 0.25) is 0 Å². The minimum atomic E-state index is -1.58. The third-order valence-electron chi connectivity index (χ3n) is 4.39. The summed E-state index contributed by atoms with van der Waals surface area (Å²) in [6.07, 6.45) is 0.691. The van der Waals surface area contributed by atoms with E-state index in [4.69, 9.17) is 4.74 Å². The van der Waals surface area contributed by atoms with Crippen molar-refractivity contribution in [3.8, 4) is 0 Å². The van der Waals surface area contributed by atoms with Crippen molar-refractivity contribution < 1.29 is 14.6 Å². The summed E-state index contributed by atoms with van der Waals surface area (Å²) in [5, 5.41) is 11.0. The number of benzene rings is 1. The fraction of sp³-hybridized carbons (Fsp3) is 0.611. The van der Waals surface area contributed by atoms with E-state index in [1.54, 1.807) is 12.1 Å². The zero-order valence-corrected chi connectivity index (χ0v) is 14.2. The van der Waals surface area contributed by atoms with E-state index in [1.165, 1.54) is 0 Å². The summed E-state index contributed by atoms with van der Waals surface area (Å²) in [5.74, 6) is -0.768. The average molecular weight is 307 g/mol. The molecule has 1 rings (SSSR count). The monoisotopic (exact) mass is 307 g/mol. The second-order valence-electron chi connectivity index (χ2n) is 5.60. The first-order valence-electron chi connectivity index (χ1n) is 8.18. The molecule has 1 N–H and O–H groups in total. The van der Waals surface area contributed by atoms with Gasteiger partial charge in [0.15, 0.2) is 5.60 Å². The van der Waals surface area contributed by atoms with Crippen LogP contribution in [-0.2, 0) is 15.1 Å². The highest BCUT2D eigenvalue weighted by molar-refractivity contribution is 5.81. The molecule has 2 atom stereocenters. The Morgan fingerprint density at radius 1 is 1.23 bits per heavy atom. The number of hydrogen-bond donors (Lipinski definition) is 1. The maximum absolute atomic E-state index is 12.5. The number of hydrogen-bond acceptors (Lipinski definition) is 4. The number of rotatable bonds is 9. The van der Waals surface area contributed by atoms with E-state index in [0.29, 0.717) is 25.1 Å². The molecule has 22 heavy (non-hydrogen) atoms. The quantitative estimate of drug-likeness (QED) is 0.713. The number of carbonyl (C=O) groups is 1. The average Bonchev–Trinajstić information content (AvgIpc) is 2.57. The Kier molecular flexibility index (Phi) is 7.56. The van der Waals surface area contributed by atoms with Crippen LogP contribution in [0.25, 0.3) is 0 Å². The summed E-state index contributed by atoms with van der Waals surface area (Å²) in [6, 6.07) is 9.07. The lowest BCUT2D eigenvalue weighted by atomic mass is 9.81. The second-order valence-corrected chi connectivity index (χ2v) is 5.60. The Bertz CT molecular complexity index is 445. The molecule has 0 aliphatic carbocycles. The van der Waals surface area contributed by atoms with Gasteiger partial charge in [-0.15, -0.1) is 0 Å². The van der Waals surface area contributed by atoms with Crippen molar-refractivity contribution in [2.45, 2.75) is 39.7 Å². The van der Waals surface area contributed by atoms with Crippen LogP contribution in [0, 0.1) is 5.92 Å². The lowest BCUT2D eigenvalue weighted by Gasteiger charge is -2.32. The molecule has 0 aliphatic rings. The van der Waals surface area contributed by atoms with Crippen LogP contribution < -0.4 is 0 Å². The zero-order valence-electron chi connectivity index (χ0n) is 14.2. The lowest BCUT2D eigenvalue weighted by Crippen LogP contribution is -2.44. The lowest BCUT2D eigenvalue weighted by molar-refractivity contribution is -0.173. The Balaban J connectivity index is 2.82. The Morgan fingerprint density at radius 2 is 1.82 bits per heavy atom. The van der Waals surface area contributed by atoms with Crippen LogP contribution in [-0.4, -0.2) is 42.2 Å². The van der Waals surface area contributed by atoms with Crippen molar-refractivity contribution in [2.24, 2.45) is 5.92 Å². The smallest absolute Gasteiger partial charge is 0.343 e. The van der Waals surface area contributed by atoms with Crippen LogP contribution in [0.15, 0.2) is 30.3 Å². The predicted molar refractivity (Wildman–Crippen MR) is 88.5 cm³/mol. The third-order valence-corrected chi connectivity index (χ3v) is 4.39. The third kappa shape index (κ3) is 4.31. The van der Waals surface area contributed by atoms with Gasteiger partial charge in [-0.1, -0.05) is 58.0 Å². The topological polar surface area (TPSA) is 49.8 Å². The molecule has 0 spiro atoms. The molecule has 0 radical (unpaired) electrons. The highest BCUT2D eigenvalue weighted by Crippen LogP contribution is 2.33. The molecule has 0 saturated heterocycles. The van der Waals surface area contributed by atoms with Gasteiger partial charge >= 0.3 is 5.97 Å². The highest BCUT2D eigenvalue weighted by Gasteiger charge is 2.44. The molecule has 0 aromatic heterocycles. The van der Waals surface area contributed by atoms with Gasteiger partial charge in [0.25, 0.3) is 0 Å². The van der Waals surface area contributed by atoms with Crippen LogP contribution in [0.4, 0.5) is 0 Å². The van der Waals surface area contributed by atoms with Gasteiger partial charge in [0.2, 0.25) is 0 Å². The van der Waals surface area contributed by atoms with Crippen molar-refractivity contribution in [1.82, 2.24) is 4.90 Å². The molecule has 2 unspecified atom stereocenters. The fourth-order valence-corrected chi connectivity index (χ4v) is 2.51. The summed E-state index contributed by atoms with van der Waals surface area (Å²) >= 11 is 0. The molecule has 0 heterocycles. The van der Waals surface area contributed by atoms with Crippen molar-refractivity contribution in [2.75, 3.05) is 26.2 Å². The van der Waals surface area contributed by atoms with Crippen molar-refractivity contribution in [3.63, 3.8) is 0 Å². The minimum Gasteiger partial charge on any atom is -0.462 e. The van der Waals surface area contributed by atoms with E-state index in [1.807, 2.05) is 32.0 Å². The molecule has 4 heteroatoms. The molecule has 0 aliphatic heterocycles. The predicted octanol–water partition coefficient (Wildman–Crippen LogP) is 2.81. The molecule has 0 saturated carbocycles. The van der Waals surface area contributed by atoms with Gasteiger partial charge in [-0.2, -0.15) is 0 Å². The second kappa shape index (κ2) is 8.91. The van der Waals surface area contributed by atoms with Gasteiger partial charge in [0, 0.05) is 6.54 Å². The van der Waals surface area contributed by atoms with Gasteiger partial charge in [-0.05, 0) is 31.0 Å². The molecule has 4 nitrogen and oxygen atoms in total. The minimum absolute atomic E-state index is 0.212. The van der Waals surface area contributed by atoms with E-state index < -0.39 is 11.6 Å². The van der Waals surface area contributed by atoms with Gasteiger partial charge in [0.05, 0.1) is 0 Å². The standard InChI is InChI=1S/C18H29NO3/c1-5-15(4)18(21,16-11-9-8-10-12-16)17(20)22-14-13-19(6-2)7-3/h8-12,15,21H,5-7,13-14H2,1-4H3. The number of ether oxygens (including phenoxy) is 1. The number of aliphatic hydroxyl groups is 1.